The van der Waals surface area contributed by atoms with Crippen LogP contribution >= 0.6 is 0 Å². The lowest BCUT2D eigenvalue weighted by molar-refractivity contribution is 0.335. The Kier molecular flexibility index (Phi) is 7.16. The maximum absolute atomic E-state index is 5.73. The molecule has 0 bridgehead atoms. The third kappa shape index (κ3) is 4.53. The summed E-state index contributed by atoms with van der Waals surface area (Å²) >= 11 is 0. The molecule has 1 aromatic carbocycles. The summed E-state index contributed by atoms with van der Waals surface area (Å²) in [7, 11) is 0. The van der Waals surface area contributed by atoms with Crippen LogP contribution < -0.4 is 10.1 Å². The number of benzene rings is 1. The van der Waals surface area contributed by atoms with Crippen molar-refractivity contribution in [1.82, 2.24) is 9.78 Å². The van der Waals surface area contributed by atoms with E-state index in [0.29, 0.717) is 6.61 Å². The number of nitrogens with zero attached hydrogens (tertiary/aromatic N) is 2. The van der Waals surface area contributed by atoms with E-state index in [-0.39, 0.29) is 5.92 Å². The molecule has 0 saturated carbocycles. The molecule has 0 fully saturated rings. The van der Waals surface area contributed by atoms with Crippen LogP contribution in [0.2, 0.25) is 0 Å². The van der Waals surface area contributed by atoms with E-state index < -0.39 is 0 Å². The Balaban J connectivity index is 0.000000471. The summed E-state index contributed by atoms with van der Waals surface area (Å²) in [5.41, 5.74) is 2.30. The summed E-state index contributed by atoms with van der Waals surface area (Å²) in [6.45, 7) is 11.3. The van der Waals surface area contributed by atoms with Crippen molar-refractivity contribution >= 4 is 5.82 Å². The summed E-state index contributed by atoms with van der Waals surface area (Å²) in [4.78, 5) is 0. The van der Waals surface area contributed by atoms with Gasteiger partial charge >= 0.3 is 0 Å². The average molecular weight is 329 g/mol. The van der Waals surface area contributed by atoms with Crippen LogP contribution in [-0.4, -0.2) is 22.9 Å². The largest absolute Gasteiger partial charge is 0.494 e. The standard InChI is InChI=1S/C16H21N3O.C4H10/c1-3-20-15-8-5-4-7-13(15)12(2)14-11-16-17-9-6-10-19(16)18-14;1-3-4-2/h4-5,7-8,11-12,17H,3,6,9-10H2,1-2H3;3-4H2,1-2H3. The van der Waals surface area contributed by atoms with Crippen molar-refractivity contribution in [2.24, 2.45) is 0 Å². The van der Waals surface area contributed by atoms with Crippen LogP contribution in [0, 0.1) is 0 Å². The van der Waals surface area contributed by atoms with Gasteiger partial charge in [0.1, 0.15) is 11.6 Å². The van der Waals surface area contributed by atoms with Gasteiger partial charge in [-0.1, -0.05) is 51.8 Å². The second-order valence-electron chi connectivity index (χ2n) is 6.15. The topological polar surface area (TPSA) is 39.1 Å². The number of unbranched alkanes of at least 4 members (excludes halogenated alkanes) is 1. The highest BCUT2D eigenvalue weighted by atomic mass is 16.5. The van der Waals surface area contributed by atoms with Crippen LogP contribution in [-0.2, 0) is 6.54 Å². The maximum Gasteiger partial charge on any atom is 0.124 e. The normalized spacial score (nSPS) is 14.0. The molecule has 4 nitrogen and oxygen atoms in total. The number of aryl methyl sites for hydroxylation is 1. The third-order valence-electron chi connectivity index (χ3n) is 4.28. The summed E-state index contributed by atoms with van der Waals surface area (Å²) in [6, 6.07) is 10.4. The van der Waals surface area contributed by atoms with Gasteiger partial charge in [-0.3, -0.25) is 0 Å². The summed E-state index contributed by atoms with van der Waals surface area (Å²) in [6.07, 6.45) is 3.78. The second kappa shape index (κ2) is 9.36. The van der Waals surface area contributed by atoms with Crippen molar-refractivity contribution < 1.29 is 4.74 Å². The summed E-state index contributed by atoms with van der Waals surface area (Å²) < 4.78 is 7.80. The zero-order chi connectivity index (χ0) is 17.4. The SMILES string of the molecule is CCCC.CCOc1ccccc1C(C)c1cc2n(n1)CCCN2. The van der Waals surface area contributed by atoms with Gasteiger partial charge in [-0.2, -0.15) is 5.10 Å². The van der Waals surface area contributed by atoms with Gasteiger partial charge in [0, 0.05) is 30.6 Å². The maximum atomic E-state index is 5.73. The minimum atomic E-state index is 0.234. The monoisotopic (exact) mass is 329 g/mol. The third-order valence-corrected chi connectivity index (χ3v) is 4.28. The molecule has 0 radical (unpaired) electrons. The lowest BCUT2D eigenvalue weighted by Gasteiger charge is -2.15. The van der Waals surface area contributed by atoms with Gasteiger partial charge in [-0.15, -0.1) is 0 Å². The minimum absolute atomic E-state index is 0.234. The number of fused-ring (bicyclic) bond motifs is 1. The fourth-order valence-electron chi connectivity index (χ4n) is 2.69. The molecular formula is C20H31N3O. The quantitative estimate of drug-likeness (QED) is 0.833. The fourth-order valence-corrected chi connectivity index (χ4v) is 2.69. The van der Waals surface area contributed by atoms with Crippen molar-refractivity contribution in [2.75, 3.05) is 18.5 Å². The predicted octanol–water partition coefficient (Wildman–Crippen LogP) is 5.06. The highest BCUT2D eigenvalue weighted by molar-refractivity contribution is 5.45. The van der Waals surface area contributed by atoms with E-state index >= 15 is 0 Å². The van der Waals surface area contributed by atoms with Gasteiger partial charge in [0.05, 0.1) is 12.3 Å². The van der Waals surface area contributed by atoms with Crippen LogP contribution in [0.1, 0.15) is 64.1 Å². The van der Waals surface area contributed by atoms with Crippen LogP contribution in [0.15, 0.2) is 30.3 Å². The number of anilines is 1. The first-order chi connectivity index (χ1) is 11.7. The number of nitrogens with one attached hydrogen (secondary N) is 1. The lowest BCUT2D eigenvalue weighted by atomic mass is 9.97. The Hall–Kier alpha value is -1.97. The van der Waals surface area contributed by atoms with E-state index in [1.54, 1.807) is 0 Å². The molecule has 24 heavy (non-hydrogen) atoms. The molecule has 1 atom stereocenters. The smallest absolute Gasteiger partial charge is 0.124 e. The first kappa shape index (κ1) is 18.4. The molecule has 0 spiro atoms. The van der Waals surface area contributed by atoms with Crippen molar-refractivity contribution in [3.8, 4) is 5.75 Å². The van der Waals surface area contributed by atoms with Crippen molar-refractivity contribution in [3.63, 3.8) is 0 Å². The van der Waals surface area contributed by atoms with Gasteiger partial charge in [-0.25, -0.2) is 4.68 Å². The first-order valence-electron chi connectivity index (χ1n) is 9.24. The van der Waals surface area contributed by atoms with Crippen molar-refractivity contribution in [2.45, 2.75) is 59.4 Å². The van der Waals surface area contributed by atoms with Crippen molar-refractivity contribution in [1.29, 1.82) is 0 Å². The molecule has 1 N–H and O–H groups in total. The Morgan fingerprint density at radius 3 is 2.62 bits per heavy atom. The Bertz CT molecular complexity index is 596. The molecule has 4 heteroatoms. The van der Waals surface area contributed by atoms with Crippen LogP contribution in [0.5, 0.6) is 5.75 Å². The molecule has 1 aliphatic heterocycles. The highest BCUT2D eigenvalue weighted by Crippen LogP contribution is 2.32. The molecule has 132 valence electrons. The van der Waals surface area contributed by atoms with E-state index in [1.165, 1.54) is 18.4 Å². The van der Waals surface area contributed by atoms with Gasteiger partial charge in [0.25, 0.3) is 0 Å². The Labute approximate surface area is 146 Å². The van der Waals surface area contributed by atoms with Crippen molar-refractivity contribution in [3.05, 3.63) is 41.6 Å². The molecular weight excluding hydrogens is 298 g/mol. The Morgan fingerprint density at radius 1 is 1.21 bits per heavy atom. The van der Waals surface area contributed by atoms with Gasteiger partial charge in [0.2, 0.25) is 0 Å². The second-order valence-corrected chi connectivity index (χ2v) is 6.15. The number of hydrogen-bond acceptors (Lipinski definition) is 3. The molecule has 1 aromatic heterocycles. The molecule has 0 amide bonds. The first-order valence-corrected chi connectivity index (χ1v) is 9.24. The minimum Gasteiger partial charge on any atom is -0.494 e. The fraction of sp³-hybridized carbons (Fsp3) is 0.550. The molecule has 0 saturated heterocycles. The molecule has 1 aliphatic rings. The predicted molar refractivity (Wildman–Crippen MR) is 101 cm³/mol. The zero-order valence-electron chi connectivity index (χ0n) is 15.5. The molecule has 2 aromatic rings. The molecule has 2 heterocycles. The summed E-state index contributed by atoms with van der Waals surface area (Å²) in [5.74, 6) is 2.33. The number of aromatic nitrogens is 2. The van der Waals surface area contributed by atoms with E-state index in [4.69, 9.17) is 9.84 Å². The van der Waals surface area contributed by atoms with E-state index in [2.05, 4.69) is 49.0 Å². The zero-order valence-corrected chi connectivity index (χ0v) is 15.5. The number of para-hydroxylation sites is 1. The Morgan fingerprint density at radius 2 is 1.96 bits per heavy atom. The highest BCUT2D eigenvalue weighted by Gasteiger charge is 2.19. The average Bonchev–Trinajstić information content (AvgIpc) is 3.06. The van der Waals surface area contributed by atoms with Gasteiger partial charge < -0.3 is 10.1 Å². The van der Waals surface area contributed by atoms with E-state index in [1.807, 2.05) is 19.1 Å². The lowest BCUT2D eigenvalue weighted by Crippen LogP contribution is -2.17. The number of rotatable bonds is 5. The van der Waals surface area contributed by atoms with Gasteiger partial charge in [0.15, 0.2) is 0 Å². The molecule has 0 aliphatic carbocycles. The summed E-state index contributed by atoms with van der Waals surface area (Å²) in [5, 5.41) is 8.13. The van der Waals surface area contributed by atoms with Crippen LogP contribution in [0.4, 0.5) is 5.82 Å². The van der Waals surface area contributed by atoms with Crippen LogP contribution in [0.3, 0.4) is 0 Å². The number of hydrogen-bond donors (Lipinski definition) is 1. The van der Waals surface area contributed by atoms with Gasteiger partial charge in [-0.05, 0) is 19.4 Å². The van der Waals surface area contributed by atoms with E-state index in [0.717, 1.165) is 36.8 Å². The van der Waals surface area contributed by atoms with E-state index in [9.17, 15) is 0 Å². The molecule has 1 unspecified atom stereocenters. The number of ether oxygens (including phenoxy) is 1. The van der Waals surface area contributed by atoms with Crippen LogP contribution in [0.25, 0.3) is 0 Å². The molecule has 3 rings (SSSR count).